The van der Waals surface area contributed by atoms with E-state index in [4.69, 9.17) is 0 Å². The van der Waals surface area contributed by atoms with Crippen LogP contribution in [0.5, 0.6) is 0 Å². The molecule has 29 heavy (non-hydrogen) atoms. The summed E-state index contributed by atoms with van der Waals surface area (Å²) in [7, 11) is 0. The lowest BCUT2D eigenvalue weighted by molar-refractivity contribution is 0.101. The van der Waals surface area contributed by atoms with E-state index in [9.17, 15) is 9.59 Å². The lowest BCUT2D eigenvalue weighted by atomic mass is 10.1. The zero-order valence-electron chi connectivity index (χ0n) is 15.9. The Kier molecular flexibility index (Phi) is 5.03. The predicted molar refractivity (Wildman–Crippen MR) is 114 cm³/mol. The summed E-state index contributed by atoms with van der Waals surface area (Å²) in [6.45, 7) is 1.78. The fraction of sp³-hybridized carbons (Fsp3) is 0.0417. The van der Waals surface area contributed by atoms with Crippen LogP contribution in [-0.2, 0) is 0 Å². The van der Waals surface area contributed by atoms with Crippen molar-refractivity contribution in [3.8, 4) is 16.8 Å². The molecule has 3 aromatic carbocycles. The maximum Gasteiger partial charge on any atom is 0.280 e. The number of aromatic nitrogens is 2. The van der Waals surface area contributed by atoms with Gasteiger partial charge in [0.05, 0.1) is 5.69 Å². The fourth-order valence-corrected chi connectivity index (χ4v) is 3.10. The van der Waals surface area contributed by atoms with Crippen LogP contribution in [0.1, 0.15) is 16.2 Å². The van der Waals surface area contributed by atoms with Crippen molar-refractivity contribution >= 4 is 11.6 Å². The molecule has 5 heteroatoms. The van der Waals surface area contributed by atoms with Crippen LogP contribution < -0.4 is 10.7 Å². The number of nitrogens with zero attached hydrogens (tertiary/aromatic N) is 2. The van der Waals surface area contributed by atoms with Crippen molar-refractivity contribution in [2.24, 2.45) is 0 Å². The summed E-state index contributed by atoms with van der Waals surface area (Å²) >= 11 is 0. The quantitative estimate of drug-likeness (QED) is 0.568. The lowest BCUT2D eigenvalue weighted by Gasteiger charge is -2.11. The summed E-state index contributed by atoms with van der Waals surface area (Å²) in [5.74, 6) is -0.535. The predicted octanol–water partition coefficient (Wildman–Crippen LogP) is 4.46. The molecular weight excluding hydrogens is 362 g/mol. The Morgan fingerprint density at radius 2 is 1.41 bits per heavy atom. The molecule has 1 amide bonds. The summed E-state index contributed by atoms with van der Waals surface area (Å²) in [5, 5.41) is 7.06. The van der Waals surface area contributed by atoms with E-state index in [-0.39, 0.29) is 5.69 Å². The SMILES string of the molecule is Cc1cc(=O)c(C(=O)Nc2ccc(-c3ccccc3)cc2)nn1-c1ccccc1. The first-order valence-corrected chi connectivity index (χ1v) is 9.25. The van der Waals surface area contributed by atoms with Gasteiger partial charge < -0.3 is 5.32 Å². The molecule has 142 valence electrons. The number of benzene rings is 3. The van der Waals surface area contributed by atoms with Gasteiger partial charge in [0, 0.05) is 17.4 Å². The average molecular weight is 381 g/mol. The molecule has 0 atom stereocenters. The number of carbonyl (C=O) groups is 1. The Balaban J connectivity index is 1.59. The van der Waals surface area contributed by atoms with Crippen LogP contribution in [-0.4, -0.2) is 15.7 Å². The number of hydrogen-bond acceptors (Lipinski definition) is 3. The van der Waals surface area contributed by atoms with E-state index < -0.39 is 11.3 Å². The lowest BCUT2D eigenvalue weighted by Crippen LogP contribution is -2.26. The average Bonchev–Trinajstić information content (AvgIpc) is 2.75. The second-order valence-corrected chi connectivity index (χ2v) is 6.64. The minimum atomic E-state index is -0.535. The Bertz CT molecular complexity index is 1200. The van der Waals surface area contributed by atoms with Crippen molar-refractivity contribution in [1.29, 1.82) is 0 Å². The van der Waals surface area contributed by atoms with E-state index in [0.717, 1.165) is 16.8 Å². The van der Waals surface area contributed by atoms with E-state index >= 15 is 0 Å². The third-order valence-electron chi connectivity index (χ3n) is 4.57. The maximum atomic E-state index is 12.7. The molecule has 4 aromatic rings. The number of para-hydroxylation sites is 1. The van der Waals surface area contributed by atoms with Gasteiger partial charge in [0.15, 0.2) is 5.69 Å². The molecule has 0 aliphatic carbocycles. The van der Waals surface area contributed by atoms with Crippen LogP contribution in [0.15, 0.2) is 95.8 Å². The second-order valence-electron chi connectivity index (χ2n) is 6.64. The molecule has 0 bridgehead atoms. The van der Waals surface area contributed by atoms with Gasteiger partial charge in [0.2, 0.25) is 5.43 Å². The minimum absolute atomic E-state index is 0.147. The van der Waals surface area contributed by atoms with E-state index in [1.54, 1.807) is 11.6 Å². The molecule has 1 N–H and O–H groups in total. The highest BCUT2D eigenvalue weighted by molar-refractivity contribution is 6.02. The minimum Gasteiger partial charge on any atom is -0.320 e. The highest BCUT2D eigenvalue weighted by Gasteiger charge is 2.15. The zero-order chi connectivity index (χ0) is 20.2. The standard InChI is InChI=1S/C24H19N3O2/c1-17-16-22(28)23(26-27(17)21-10-6-3-7-11-21)24(29)25-20-14-12-19(13-15-20)18-8-4-2-5-9-18/h2-16H,1H3,(H,25,29). The van der Waals surface area contributed by atoms with Crippen molar-refractivity contribution < 1.29 is 4.79 Å². The summed E-state index contributed by atoms with van der Waals surface area (Å²) in [6.07, 6.45) is 0. The van der Waals surface area contributed by atoms with E-state index in [1.807, 2.05) is 84.9 Å². The summed E-state index contributed by atoms with van der Waals surface area (Å²) in [6, 6.07) is 28.3. The monoisotopic (exact) mass is 381 g/mol. The van der Waals surface area contributed by atoms with E-state index in [2.05, 4.69) is 10.4 Å². The van der Waals surface area contributed by atoms with Crippen LogP contribution in [0.2, 0.25) is 0 Å². The van der Waals surface area contributed by atoms with Crippen molar-refractivity contribution in [3.05, 3.63) is 113 Å². The Labute approximate surface area is 168 Å². The second kappa shape index (κ2) is 7.94. The van der Waals surface area contributed by atoms with Crippen LogP contribution in [0.4, 0.5) is 5.69 Å². The Morgan fingerprint density at radius 1 is 0.828 bits per heavy atom. The molecule has 5 nitrogen and oxygen atoms in total. The van der Waals surface area contributed by atoms with Crippen molar-refractivity contribution in [3.63, 3.8) is 0 Å². The van der Waals surface area contributed by atoms with Gasteiger partial charge in [0.1, 0.15) is 0 Å². The maximum absolute atomic E-state index is 12.7. The van der Waals surface area contributed by atoms with Gasteiger partial charge in [-0.05, 0) is 42.3 Å². The molecule has 4 rings (SSSR count). The Morgan fingerprint density at radius 3 is 2.07 bits per heavy atom. The van der Waals surface area contributed by atoms with Gasteiger partial charge in [0.25, 0.3) is 5.91 Å². The van der Waals surface area contributed by atoms with Crippen LogP contribution in [0.25, 0.3) is 16.8 Å². The highest BCUT2D eigenvalue weighted by atomic mass is 16.2. The number of anilines is 1. The topological polar surface area (TPSA) is 64.0 Å². The molecule has 0 aliphatic heterocycles. The molecule has 0 spiro atoms. The number of carbonyl (C=O) groups excluding carboxylic acids is 1. The van der Waals surface area contributed by atoms with Gasteiger partial charge in [-0.25, -0.2) is 4.68 Å². The van der Waals surface area contributed by atoms with Gasteiger partial charge in [-0.3, -0.25) is 9.59 Å². The van der Waals surface area contributed by atoms with Gasteiger partial charge in [-0.2, -0.15) is 5.10 Å². The highest BCUT2D eigenvalue weighted by Crippen LogP contribution is 2.21. The molecule has 0 unspecified atom stereocenters. The van der Waals surface area contributed by atoms with Crippen molar-refractivity contribution in [1.82, 2.24) is 9.78 Å². The molecule has 0 saturated heterocycles. The van der Waals surface area contributed by atoms with Crippen molar-refractivity contribution in [2.75, 3.05) is 5.32 Å². The third kappa shape index (κ3) is 3.99. The number of nitrogens with one attached hydrogen (secondary N) is 1. The number of rotatable bonds is 4. The van der Waals surface area contributed by atoms with Crippen LogP contribution in [0, 0.1) is 6.92 Å². The molecular formula is C24H19N3O2. The fourth-order valence-electron chi connectivity index (χ4n) is 3.10. The third-order valence-corrected chi connectivity index (χ3v) is 4.57. The number of aryl methyl sites for hydroxylation is 1. The van der Waals surface area contributed by atoms with Gasteiger partial charge in [-0.1, -0.05) is 60.7 Å². The van der Waals surface area contributed by atoms with E-state index in [1.165, 1.54) is 6.07 Å². The zero-order valence-corrected chi connectivity index (χ0v) is 15.9. The summed E-state index contributed by atoms with van der Waals surface area (Å²) < 4.78 is 1.59. The summed E-state index contributed by atoms with van der Waals surface area (Å²) in [4.78, 5) is 25.1. The number of amides is 1. The smallest absolute Gasteiger partial charge is 0.280 e. The molecule has 0 aliphatic rings. The van der Waals surface area contributed by atoms with E-state index in [0.29, 0.717) is 11.4 Å². The molecule has 1 aromatic heterocycles. The molecule has 0 radical (unpaired) electrons. The van der Waals surface area contributed by atoms with Crippen molar-refractivity contribution in [2.45, 2.75) is 6.92 Å². The van der Waals surface area contributed by atoms with Gasteiger partial charge >= 0.3 is 0 Å². The number of hydrogen-bond donors (Lipinski definition) is 1. The van der Waals surface area contributed by atoms with Crippen LogP contribution >= 0.6 is 0 Å². The first-order valence-electron chi connectivity index (χ1n) is 9.25. The summed E-state index contributed by atoms with van der Waals surface area (Å²) in [5.41, 5.74) is 3.62. The molecule has 1 heterocycles. The molecule has 0 saturated carbocycles. The Hall–Kier alpha value is -3.99. The first kappa shape index (κ1) is 18.4. The van der Waals surface area contributed by atoms with Crippen LogP contribution in [0.3, 0.4) is 0 Å². The van der Waals surface area contributed by atoms with Gasteiger partial charge in [-0.15, -0.1) is 0 Å². The molecule has 0 fully saturated rings. The normalized spacial score (nSPS) is 10.5. The largest absolute Gasteiger partial charge is 0.320 e. The first-order chi connectivity index (χ1) is 14.1.